The molecule has 0 aromatic carbocycles. The van der Waals surface area contributed by atoms with Gasteiger partial charge in [-0.1, -0.05) is 11.6 Å². The average molecular weight is 353 g/mol. The van der Waals surface area contributed by atoms with E-state index in [1.54, 1.807) is 19.0 Å². The Hall–Kier alpha value is -0.920. The van der Waals surface area contributed by atoms with Crippen LogP contribution in [0, 0.1) is 0 Å². The van der Waals surface area contributed by atoms with Crippen molar-refractivity contribution >= 4 is 40.4 Å². The SMILES string of the molecule is Br.CN(C)CCN(C(=O)N(C)C)c1cncc(Cl)n1. The van der Waals surface area contributed by atoms with Crippen LogP contribution in [0.3, 0.4) is 0 Å². The minimum Gasteiger partial charge on any atom is -0.330 e. The molecule has 108 valence electrons. The van der Waals surface area contributed by atoms with Crippen LogP contribution in [0.25, 0.3) is 0 Å². The molecule has 0 unspecified atom stereocenters. The largest absolute Gasteiger partial charge is 0.330 e. The number of halogens is 2. The molecular formula is C11H19BrClN5O. The van der Waals surface area contributed by atoms with Crippen molar-refractivity contribution in [2.75, 3.05) is 46.2 Å². The van der Waals surface area contributed by atoms with E-state index in [0.717, 1.165) is 6.54 Å². The fourth-order valence-corrected chi connectivity index (χ4v) is 1.46. The predicted octanol–water partition coefficient (Wildman–Crippen LogP) is 1.76. The zero-order valence-corrected chi connectivity index (χ0v) is 14.0. The van der Waals surface area contributed by atoms with Crippen molar-refractivity contribution in [1.29, 1.82) is 0 Å². The third kappa shape index (κ3) is 5.71. The number of carbonyl (C=O) groups excluding carboxylic acids is 1. The van der Waals surface area contributed by atoms with Gasteiger partial charge in [0.2, 0.25) is 0 Å². The maximum atomic E-state index is 12.1. The topological polar surface area (TPSA) is 52.6 Å². The lowest BCUT2D eigenvalue weighted by molar-refractivity contribution is 0.222. The van der Waals surface area contributed by atoms with Crippen molar-refractivity contribution in [3.05, 3.63) is 17.5 Å². The normalized spacial score (nSPS) is 10.0. The lowest BCUT2D eigenvalue weighted by atomic mass is 10.4. The van der Waals surface area contributed by atoms with Crippen LogP contribution in [0.15, 0.2) is 12.4 Å². The Balaban J connectivity index is 0.00000324. The lowest BCUT2D eigenvalue weighted by Crippen LogP contribution is -2.43. The molecule has 0 aliphatic rings. The Labute approximate surface area is 129 Å². The minimum atomic E-state index is -0.145. The number of likely N-dealkylation sites (N-methyl/N-ethyl adjacent to an activating group) is 1. The first-order chi connectivity index (χ1) is 8.41. The van der Waals surface area contributed by atoms with E-state index in [9.17, 15) is 4.79 Å². The second kappa shape index (κ2) is 8.29. The van der Waals surface area contributed by atoms with Gasteiger partial charge in [-0.25, -0.2) is 9.78 Å². The van der Waals surface area contributed by atoms with Crippen molar-refractivity contribution in [3.8, 4) is 0 Å². The summed E-state index contributed by atoms with van der Waals surface area (Å²) in [7, 11) is 7.29. The summed E-state index contributed by atoms with van der Waals surface area (Å²) in [6, 6.07) is -0.145. The molecule has 0 spiro atoms. The summed E-state index contributed by atoms with van der Waals surface area (Å²) >= 11 is 5.80. The minimum absolute atomic E-state index is 0. The third-order valence-corrected chi connectivity index (χ3v) is 2.44. The van der Waals surface area contributed by atoms with Crippen molar-refractivity contribution in [2.45, 2.75) is 0 Å². The van der Waals surface area contributed by atoms with Crippen molar-refractivity contribution in [3.63, 3.8) is 0 Å². The standard InChI is InChI=1S/C11H18ClN5O.BrH/c1-15(2)5-6-17(11(18)16(3)4)10-8-13-7-9(12)14-10;/h7-8H,5-6H2,1-4H3;1H. The fourth-order valence-electron chi connectivity index (χ4n) is 1.31. The zero-order valence-electron chi connectivity index (χ0n) is 11.5. The van der Waals surface area contributed by atoms with Gasteiger partial charge in [0.1, 0.15) is 5.15 Å². The number of carbonyl (C=O) groups is 1. The first-order valence-electron chi connectivity index (χ1n) is 5.53. The first kappa shape index (κ1) is 18.1. The molecule has 0 aliphatic heterocycles. The smallest absolute Gasteiger partial charge is 0.325 e. The third-order valence-electron chi connectivity index (χ3n) is 2.25. The molecule has 1 aromatic heterocycles. The van der Waals surface area contributed by atoms with Gasteiger partial charge in [-0.2, -0.15) is 0 Å². The number of urea groups is 1. The number of hydrogen-bond donors (Lipinski definition) is 0. The predicted molar refractivity (Wildman–Crippen MR) is 82.3 cm³/mol. The second-order valence-corrected chi connectivity index (χ2v) is 4.72. The average Bonchev–Trinajstić information content (AvgIpc) is 2.28. The van der Waals surface area contributed by atoms with Crippen LogP contribution in [-0.2, 0) is 0 Å². The van der Waals surface area contributed by atoms with Gasteiger partial charge < -0.3 is 9.80 Å². The van der Waals surface area contributed by atoms with Crippen LogP contribution in [-0.4, -0.2) is 67.1 Å². The van der Waals surface area contributed by atoms with Crippen LogP contribution >= 0.6 is 28.6 Å². The van der Waals surface area contributed by atoms with Crippen molar-refractivity contribution in [1.82, 2.24) is 19.8 Å². The van der Waals surface area contributed by atoms with Crippen molar-refractivity contribution < 1.29 is 4.79 Å². The van der Waals surface area contributed by atoms with Gasteiger partial charge in [0.05, 0.1) is 12.4 Å². The molecule has 0 saturated heterocycles. The van der Waals surface area contributed by atoms with E-state index in [1.165, 1.54) is 17.3 Å². The van der Waals surface area contributed by atoms with E-state index in [4.69, 9.17) is 11.6 Å². The molecule has 1 heterocycles. The number of anilines is 1. The molecule has 0 aliphatic carbocycles. The lowest BCUT2D eigenvalue weighted by Gasteiger charge is -2.26. The summed E-state index contributed by atoms with van der Waals surface area (Å²) in [6.07, 6.45) is 2.97. The van der Waals surface area contributed by atoms with Crippen LogP contribution in [0.2, 0.25) is 5.15 Å². The van der Waals surface area contributed by atoms with Gasteiger partial charge in [0.15, 0.2) is 5.82 Å². The second-order valence-electron chi connectivity index (χ2n) is 4.33. The van der Waals surface area contributed by atoms with Gasteiger partial charge in [0, 0.05) is 27.2 Å². The van der Waals surface area contributed by atoms with E-state index in [-0.39, 0.29) is 28.2 Å². The number of nitrogens with zero attached hydrogens (tertiary/aromatic N) is 5. The molecule has 19 heavy (non-hydrogen) atoms. The van der Waals surface area contributed by atoms with E-state index >= 15 is 0 Å². The molecular weight excluding hydrogens is 334 g/mol. The highest BCUT2D eigenvalue weighted by Crippen LogP contribution is 2.13. The van der Waals surface area contributed by atoms with Gasteiger partial charge in [0.25, 0.3) is 0 Å². The van der Waals surface area contributed by atoms with Crippen molar-refractivity contribution in [2.24, 2.45) is 0 Å². The molecule has 0 atom stereocenters. The van der Waals surface area contributed by atoms with E-state index in [1.807, 2.05) is 19.0 Å². The molecule has 0 saturated carbocycles. The molecule has 8 heteroatoms. The maximum Gasteiger partial charge on any atom is 0.325 e. The fraction of sp³-hybridized carbons (Fsp3) is 0.545. The molecule has 1 rings (SSSR count). The van der Waals surface area contributed by atoms with Crippen LogP contribution in [0.4, 0.5) is 10.6 Å². The van der Waals surface area contributed by atoms with E-state index in [2.05, 4.69) is 9.97 Å². The summed E-state index contributed by atoms with van der Waals surface area (Å²) in [5, 5.41) is 0.272. The zero-order chi connectivity index (χ0) is 13.7. The number of amides is 2. The van der Waals surface area contributed by atoms with Gasteiger partial charge in [-0.15, -0.1) is 17.0 Å². The van der Waals surface area contributed by atoms with Gasteiger partial charge >= 0.3 is 6.03 Å². The molecule has 0 N–H and O–H groups in total. The molecule has 0 fully saturated rings. The highest BCUT2D eigenvalue weighted by Gasteiger charge is 2.19. The molecule has 2 amide bonds. The quantitative estimate of drug-likeness (QED) is 0.828. The van der Waals surface area contributed by atoms with E-state index in [0.29, 0.717) is 12.4 Å². The Morgan fingerprint density at radius 1 is 1.21 bits per heavy atom. The van der Waals surface area contributed by atoms with Crippen LogP contribution < -0.4 is 4.90 Å². The molecule has 6 nitrogen and oxygen atoms in total. The summed E-state index contributed by atoms with van der Waals surface area (Å²) in [4.78, 5) is 25.2. The van der Waals surface area contributed by atoms with Crippen LogP contribution in [0.5, 0.6) is 0 Å². The Bertz CT molecular complexity index is 416. The Morgan fingerprint density at radius 2 is 1.84 bits per heavy atom. The molecule has 0 radical (unpaired) electrons. The molecule has 0 bridgehead atoms. The number of hydrogen-bond acceptors (Lipinski definition) is 4. The first-order valence-corrected chi connectivity index (χ1v) is 5.90. The monoisotopic (exact) mass is 351 g/mol. The maximum absolute atomic E-state index is 12.1. The highest BCUT2D eigenvalue weighted by atomic mass is 79.9. The highest BCUT2D eigenvalue weighted by molar-refractivity contribution is 8.93. The summed E-state index contributed by atoms with van der Waals surface area (Å²) in [5.41, 5.74) is 0. The summed E-state index contributed by atoms with van der Waals surface area (Å²) in [6.45, 7) is 1.26. The number of rotatable bonds is 4. The van der Waals surface area contributed by atoms with E-state index < -0.39 is 0 Å². The summed E-state index contributed by atoms with van der Waals surface area (Å²) in [5.74, 6) is 0.461. The number of aromatic nitrogens is 2. The molecule has 1 aromatic rings. The Morgan fingerprint density at radius 3 is 2.32 bits per heavy atom. The van der Waals surface area contributed by atoms with Crippen LogP contribution in [0.1, 0.15) is 0 Å². The van der Waals surface area contributed by atoms with Gasteiger partial charge in [-0.3, -0.25) is 9.88 Å². The summed E-state index contributed by atoms with van der Waals surface area (Å²) < 4.78 is 0. The van der Waals surface area contributed by atoms with Gasteiger partial charge in [-0.05, 0) is 14.1 Å². The Kier molecular flexibility index (Phi) is 7.89.